The number of methoxy groups -OCH3 is 3. The summed E-state index contributed by atoms with van der Waals surface area (Å²) in [7, 11) is 1.31. The van der Waals surface area contributed by atoms with Gasteiger partial charge in [-0.05, 0) is 25.1 Å². The first kappa shape index (κ1) is 21.4. The Kier molecular flexibility index (Phi) is 6.66. The van der Waals surface area contributed by atoms with Gasteiger partial charge in [0, 0.05) is 38.3 Å². The lowest BCUT2D eigenvalue weighted by Crippen LogP contribution is -2.48. The maximum absolute atomic E-state index is 12.9. The van der Waals surface area contributed by atoms with Gasteiger partial charge in [-0.3, -0.25) is 4.90 Å². The molecule has 0 unspecified atom stereocenters. The van der Waals surface area contributed by atoms with Crippen LogP contribution < -0.4 is 14.2 Å². The number of ether oxygens (including phenoxy) is 3. The molecule has 0 radical (unpaired) electrons. The average Bonchev–Trinajstić information content (AvgIpc) is 2.74. The van der Waals surface area contributed by atoms with E-state index in [1.165, 1.54) is 0 Å². The van der Waals surface area contributed by atoms with Crippen LogP contribution in [0.5, 0.6) is 17.2 Å². The first-order valence-corrected chi connectivity index (χ1v) is 10.9. The molecule has 1 heterocycles. The zero-order chi connectivity index (χ0) is 21.0. The molecule has 2 aromatic rings. The standard InChI is InChI=1S/C21H28N2O5S/c1-16-5-8-18(9-6-16)29(24,25)23-13-11-22(12-14-23)15-17-7-10-19(26-2)21(28-4)20(17)27-3/h5-10H,11-15H2,1-4H3. The monoisotopic (exact) mass is 420 g/mol. The van der Waals surface area contributed by atoms with Gasteiger partial charge in [0.05, 0.1) is 26.2 Å². The fourth-order valence-corrected chi connectivity index (χ4v) is 4.94. The Hall–Kier alpha value is -2.29. The number of hydrogen-bond donors (Lipinski definition) is 0. The molecule has 7 nitrogen and oxygen atoms in total. The molecular formula is C21H28N2O5S. The van der Waals surface area contributed by atoms with Crippen LogP contribution in [0, 0.1) is 6.92 Å². The summed E-state index contributed by atoms with van der Waals surface area (Å²) in [6, 6.07) is 10.8. The number of hydrogen-bond acceptors (Lipinski definition) is 6. The van der Waals surface area contributed by atoms with Gasteiger partial charge in [-0.15, -0.1) is 0 Å². The lowest BCUT2D eigenvalue weighted by atomic mass is 10.1. The molecule has 2 aromatic carbocycles. The van der Waals surface area contributed by atoms with E-state index in [1.54, 1.807) is 37.8 Å². The maximum Gasteiger partial charge on any atom is 0.243 e. The maximum atomic E-state index is 12.9. The third-order valence-corrected chi connectivity index (χ3v) is 7.08. The molecule has 0 atom stereocenters. The molecule has 1 aliphatic heterocycles. The smallest absolute Gasteiger partial charge is 0.243 e. The molecule has 0 aromatic heterocycles. The highest BCUT2D eigenvalue weighted by Gasteiger charge is 2.29. The van der Waals surface area contributed by atoms with Gasteiger partial charge in [0.15, 0.2) is 11.5 Å². The van der Waals surface area contributed by atoms with E-state index in [9.17, 15) is 8.42 Å². The summed E-state index contributed by atoms with van der Waals surface area (Å²) >= 11 is 0. The summed E-state index contributed by atoms with van der Waals surface area (Å²) in [6.07, 6.45) is 0. The van der Waals surface area contributed by atoms with Crippen LogP contribution in [0.3, 0.4) is 0 Å². The van der Waals surface area contributed by atoms with Gasteiger partial charge >= 0.3 is 0 Å². The zero-order valence-corrected chi connectivity index (χ0v) is 18.2. The van der Waals surface area contributed by atoms with E-state index in [0.29, 0.717) is 54.9 Å². The second-order valence-electron chi connectivity index (χ2n) is 6.99. The minimum Gasteiger partial charge on any atom is -0.493 e. The highest BCUT2D eigenvalue weighted by Crippen LogP contribution is 2.40. The number of nitrogens with zero attached hydrogens (tertiary/aromatic N) is 2. The van der Waals surface area contributed by atoms with Crippen molar-refractivity contribution in [1.82, 2.24) is 9.21 Å². The number of aryl methyl sites for hydroxylation is 1. The van der Waals surface area contributed by atoms with E-state index < -0.39 is 10.0 Å². The van der Waals surface area contributed by atoms with Crippen molar-refractivity contribution in [2.75, 3.05) is 47.5 Å². The predicted molar refractivity (Wildman–Crippen MR) is 111 cm³/mol. The number of piperazine rings is 1. The third kappa shape index (κ3) is 4.49. The van der Waals surface area contributed by atoms with Crippen molar-refractivity contribution < 1.29 is 22.6 Å². The molecule has 0 saturated carbocycles. The van der Waals surface area contributed by atoms with E-state index in [0.717, 1.165) is 11.1 Å². The quantitative estimate of drug-likeness (QED) is 0.686. The van der Waals surface area contributed by atoms with E-state index >= 15 is 0 Å². The summed E-state index contributed by atoms with van der Waals surface area (Å²) in [5.41, 5.74) is 2.01. The second kappa shape index (κ2) is 9.02. The molecule has 1 aliphatic rings. The Bertz CT molecular complexity index is 936. The molecule has 158 valence electrons. The van der Waals surface area contributed by atoms with Crippen LogP contribution in [0.25, 0.3) is 0 Å². The summed E-state index contributed by atoms with van der Waals surface area (Å²) < 4.78 is 43.6. The lowest BCUT2D eigenvalue weighted by Gasteiger charge is -2.34. The average molecular weight is 421 g/mol. The highest BCUT2D eigenvalue weighted by molar-refractivity contribution is 7.89. The van der Waals surface area contributed by atoms with Crippen LogP contribution in [0.4, 0.5) is 0 Å². The molecule has 1 saturated heterocycles. The normalized spacial score (nSPS) is 15.9. The molecule has 29 heavy (non-hydrogen) atoms. The summed E-state index contributed by atoms with van der Waals surface area (Å²) in [5.74, 6) is 1.82. The van der Waals surface area contributed by atoms with Crippen LogP contribution in [0.15, 0.2) is 41.3 Å². The van der Waals surface area contributed by atoms with Gasteiger partial charge in [-0.25, -0.2) is 8.42 Å². The van der Waals surface area contributed by atoms with Crippen molar-refractivity contribution in [3.05, 3.63) is 47.5 Å². The summed E-state index contributed by atoms with van der Waals surface area (Å²) in [5, 5.41) is 0. The van der Waals surface area contributed by atoms with Crippen LogP contribution >= 0.6 is 0 Å². The molecule has 1 fully saturated rings. The molecule has 3 rings (SSSR count). The van der Waals surface area contributed by atoms with Crippen molar-refractivity contribution >= 4 is 10.0 Å². The fourth-order valence-electron chi connectivity index (χ4n) is 3.52. The second-order valence-corrected chi connectivity index (χ2v) is 8.92. The first-order valence-electron chi connectivity index (χ1n) is 9.47. The van der Waals surface area contributed by atoms with Gasteiger partial charge in [0.25, 0.3) is 0 Å². The SMILES string of the molecule is COc1ccc(CN2CCN(S(=O)(=O)c3ccc(C)cc3)CC2)c(OC)c1OC. The van der Waals surface area contributed by atoms with Crippen LogP contribution in [-0.4, -0.2) is 65.1 Å². The van der Waals surface area contributed by atoms with Gasteiger partial charge in [-0.2, -0.15) is 4.31 Å². The van der Waals surface area contributed by atoms with Gasteiger partial charge < -0.3 is 14.2 Å². The third-order valence-electron chi connectivity index (χ3n) is 5.17. The molecular weight excluding hydrogens is 392 g/mol. The van der Waals surface area contributed by atoms with E-state index in [4.69, 9.17) is 14.2 Å². The molecule has 0 aliphatic carbocycles. The Labute approximate surface area is 172 Å². The Morgan fingerprint density at radius 2 is 1.45 bits per heavy atom. The number of benzene rings is 2. The van der Waals surface area contributed by atoms with Crippen molar-refractivity contribution in [2.45, 2.75) is 18.4 Å². The zero-order valence-electron chi connectivity index (χ0n) is 17.3. The van der Waals surface area contributed by atoms with Crippen molar-refractivity contribution in [3.63, 3.8) is 0 Å². The minimum absolute atomic E-state index is 0.345. The van der Waals surface area contributed by atoms with E-state index in [2.05, 4.69) is 4.90 Å². The van der Waals surface area contributed by atoms with E-state index in [-0.39, 0.29) is 0 Å². The molecule has 0 spiro atoms. The topological polar surface area (TPSA) is 68.3 Å². The minimum atomic E-state index is -3.46. The molecule has 0 N–H and O–H groups in total. The van der Waals surface area contributed by atoms with Gasteiger partial charge in [-0.1, -0.05) is 23.8 Å². The first-order chi connectivity index (χ1) is 13.9. The van der Waals surface area contributed by atoms with E-state index in [1.807, 2.05) is 31.2 Å². The van der Waals surface area contributed by atoms with Crippen molar-refractivity contribution in [3.8, 4) is 17.2 Å². The Balaban J connectivity index is 1.69. The summed E-state index contributed by atoms with van der Waals surface area (Å²) in [4.78, 5) is 2.56. The number of rotatable bonds is 7. The van der Waals surface area contributed by atoms with Crippen LogP contribution in [0.1, 0.15) is 11.1 Å². The van der Waals surface area contributed by atoms with Crippen LogP contribution in [-0.2, 0) is 16.6 Å². The lowest BCUT2D eigenvalue weighted by molar-refractivity contribution is 0.179. The largest absolute Gasteiger partial charge is 0.493 e. The van der Waals surface area contributed by atoms with Gasteiger partial charge in [0.2, 0.25) is 15.8 Å². The fraction of sp³-hybridized carbons (Fsp3) is 0.429. The number of sulfonamides is 1. The molecule has 0 amide bonds. The van der Waals surface area contributed by atoms with Crippen molar-refractivity contribution in [1.29, 1.82) is 0 Å². The summed E-state index contributed by atoms with van der Waals surface area (Å²) in [6.45, 7) is 4.77. The van der Waals surface area contributed by atoms with Crippen molar-refractivity contribution in [2.24, 2.45) is 0 Å². The highest BCUT2D eigenvalue weighted by atomic mass is 32.2. The Morgan fingerprint density at radius 3 is 2.00 bits per heavy atom. The van der Waals surface area contributed by atoms with Gasteiger partial charge in [0.1, 0.15) is 0 Å². The molecule has 8 heteroatoms. The predicted octanol–water partition coefficient (Wildman–Crippen LogP) is 2.53. The van der Waals surface area contributed by atoms with Crippen LogP contribution in [0.2, 0.25) is 0 Å². The molecule has 0 bridgehead atoms. The Morgan fingerprint density at radius 1 is 0.828 bits per heavy atom.